The first kappa shape index (κ1) is 15.9. The molecule has 0 saturated heterocycles. The Labute approximate surface area is 133 Å². The molecule has 0 unspecified atom stereocenters. The average Bonchev–Trinajstić information content (AvgIpc) is 2.51. The third-order valence-corrected chi connectivity index (χ3v) is 3.37. The summed E-state index contributed by atoms with van der Waals surface area (Å²) in [6.45, 7) is 1.79. The van der Waals surface area contributed by atoms with Gasteiger partial charge in [-0.3, -0.25) is 9.59 Å². The van der Waals surface area contributed by atoms with E-state index in [9.17, 15) is 9.59 Å². The van der Waals surface area contributed by atoms with Gasteiger partial charge in [0.15, 0.2) is 0 Å². The number of nitrogens with one attached hydrogen (secondary N) is 2. The normalized spacial score (nSPS) is 9.95. The number of rotatable bonds is 3. The van der Waals surface area contributed by atoms with E-state index < -0.39 is 11.8 Å². The summed E-state index contributed by atoms with van der Waals surface area (Å²) < 4.78 is 5.15. The van der Waals surface area contributed by atoms with Crippen molar-refractivity contribution in [3.05, 3.63) is 53.1 Å². The topological polar surface area (TPSA) is 67.4 Å². The number of ether oxygens (including phenoxy) is 1. The maximum Gasteiger partial charge on any atom is 0.314 e. The first-order chi connectivity index (χ1) is 10.5. The zero-order valence-corrected chi connectivity index (χ0v) is 12.9. The predicted octanol–water partition coefficient (Wildman–Crippen LogP) is 3.23. The molecule has 2 rings (SSSR count). The summed E-state index contributed by atoms with van der Waals surface area (Å²) in [5.41, 5.74) is 1.70. The second-order valence-corrected chi connectivity index (χ2v) is 4.98. The van der Waals surface area contributed by atoms with E-state index in [0.29, 0.717) is 22.1 Å². The lowest BCUT2D eigenvalue weighted by molar-refractivity contribution is -0.133. The fourth-order valence-corrected chi connectivity index (χ4v) is 1.97. The molecule has 0 aliphatic heterocycles. The second-order valence-electron chi connectivity index (χ2n) is 4.58. The minimum Gasteiger partial charge on any atom is -0.495 e. The number of aryl methyl sites for hydroxylation is 1. The zero-order valence-electron chi connectivity index (χ0n) is 12.1. The van der Waals surface area contributed by atoms with Crippen LogP contribution in [0.2, 0.25) is 5.02 Å². The van der Waals surface area contributed by atoms with Gasteiger partial charge in [-0.1, -0.05) is 29.8 Å². The fraction of sp³-hybridized carbons (Fsp3) is 0.125. The van der Waals surface area contributed by atoms with Crippen molar-refractivity contribution in [2.45, 2.75) is 6.92 Å². The number of methoxy groups -OCH3 is 1. The Bertz CT molecular complexity index is 702. The summed E-state index contributed by atoms with van der Waals surface area (Å²) in [4.78, 5) is 23.8. The van der Waals surface area contributed by atoms with Crippen LogP contribution in [-0.2, 0) is 9.59 Å². The summed E-state index contributed by atoms with van der Waals surface area (Å²) in [7, 11) is 1.46. The maximum atomic E-state index is 12.0. The van der Waals surface area contributed by atoms with E-state index >= 15 is 0 Å². The molecule has 22 heavy (non-hydrogen) atoms. The first-order valence-electron chi connectivity index (χ1n) is 6.52. The molecule has 2 N–H and O–H groups in total. The number of hydrogen-bond acceptors (Lipinski definition) is 3. The van der Waals surface area contributed by atoms with E-state index in [0.717, 1.165) is 5.56 Å². The molecule has 2 amide bonds. The van der Waals surface area contributed by atoms with E-state index in [4.69, 9.17) is 16.3 Å². The number of para-hydroxylation sites is 1. The van der Waals surface area contributed by atoms with Crippen LogP contribution in [0.3, 0.4) is 0 Å². The van der Waals surface area contributed by atoms with Crippen LogP contribution in [0.5, 0.6) is 5.75 Å². The van der Waals surface area contributed by atoms with Gasteiger partial charge in [0.1, 0.15) is 5.75 Å². The van der Waals surface area contributed by atoms with Crippen molar-refractivity contribution in [1.82, 2.24) is 0 Å². The number of carbonyl (C=O) groups is 2. The number of hydrogen-bond donors (Lipinski definition) is 2. The summed E-state index contributed by atoms with van der Waals surface area (Å²) in [6, 6.07) is 12.0. The summed E-state index contributed by atoms with van der Waals surface area (Å²) >= 11 is 6.00. The molecule has 0 bridgehead atoms. The third kappa shape index (κ3) is 3.77. The highest BCUT2D eigenvalue weighted by molar-refractivity contribution is 6.43. The van der Waals surface area contributed by atoms with Gasteiger partial charge in [0.05, 0.1) is 12.8 Å². The van der Waals surface area contributed by atoms with Crippen molar-refractivity contribution in [3.63, 3.8) is 0 Å². The average molecular weight is 319 g/mol. The molecule has 0 radical (unpaired) electrons. The minimum atomic E-state index is -0.788. The molecular formula is C16H15ClN2O3. The largest absolute Gasteiger partial charge is 0.495 e. The Morgan fingerprint density at radius 2 is 1.68 bits per heavy atom. The standard InChI is InChI=1S/C16H15ClN2O3/c1-10-8-13(14(22-2)9-12(10)17)19-16(21)15(20)18-11-6-4-3-5-7-11/h3-9H,1-2H3,(H,18,20)(H,19,21). The quantitative estimate of drug-likeness (QED) is 0.854. The smallest absolute Gasteiger partial charge is 0.314 e. The zero-order chi connectivity index (χ0) is 16.1. The molecule has 5 nitrogen and oxygen atoms in total. The van der Waals surface area contributed by atoms with Gasteiger partial charge in [-0.25, -0.2) is 0 Å². The molecule has 0 aromatic heterocycles. The lowest BCUT2D eigenvalue weighted by Crippen LogP contribution is -2.29. The summed E-state index contributed by atoms with van der Waals surface area (Å²) in [6.07, 6.45) is 0. The molecule has 6 heteroatoms. The number of benzene rings is 2. The number of halogens is 1. The maximum absolute atomic E-state index is 12.0. The molecule has 0 aliphatic carbocycles. The second kappa shape index (κ2) is 6.95. The van der Waals surface area contributed by atoms with Crippen LogP contribution in [-0.4, -0.2) is 18.9 Å². The van der Waals surface area contributed by atoms with Crippen LogP contribution >= 0.6 is 11.6 Å². The Balaban J connectivity index is 2.12. The van der Waals surface area contributed by atoms with Crippen molar-refractivity contribution in [2.75, 3.05) is 17.7 Å². The summed E-state index contributed by atoms with van der Waals surface area (Å²) in [5.74, 6) is -1.17. The van der Waals surface area contributed by atoms with Crippen LogP contribution in [0, 0.1) is 6.92 Å². The summed E-state index contributed by atoms with van der Waals surface area (Å²) in [5, 5.41) is 5.54. The van der Waals surface area contributed by atoms with Crippen LogP contribution < -0.4 is 15.4 Å². The van der Waals surface area contributed by atoms with E-state index in [2.05, 4.69) is 10.6 Å². The third-order valence-electron chi connectivity index (χ3n) is 2.97. The molecule has 0 fully saturated rings. The highest BCUT2D eigenvalue weighted by Gasteiger charge is 2.17. The molecule has 2 aromatic carbocycles. The van der Waals surface area contributed by atoms with Crippen molar-refractivity contribution in [1.29, 1.82) is 0 Å². The van der Waals surface area contributed by atoms with E-state index in [1.54, 1.807) is 43.3 Å². The molecule has 0 saturated carbocycles. The van der Waals surface area contributed by atoms with Crippen LogP contribution in [0.1, 0.15) is 5.56 Å². The van der Waals surface area contributed by atoms with Crippen LogP contribution in [0.4, 0.5) is 11.4 Å². The number of carbonyl (C=O) groups excluding carboxylic acids is 2. The van der Waals surface area contributed by atoms with Gasteiger partial charge >= 0.3 is 11.8 Å². The molecule has 0 heterocycles. The van der Waals surface area contributed by atoms with Gasteiger partial charge < -0.3 is 15.4 Å². The van der Waals surface area contributed by atoms with Gasteiger partial charge in [-0.2, -0.15) is 0 Å². The van der Waals surface area contributed by atoms with Gasteiger partial charge in [0.25, 0.3) is 0 Å². The van der Waals surface area contributed by atoms with Gasteiger partial charge in [0, 0.05) is 16.8 Å². The van der Waals surface area contributed by atoms with Crippen LogP contribution in [0.25, 0.3) is 0 Å². The van der Waals surface area contributed by atoms with E-state index in [-0.39, 0.29) is 0 Å². The van der Waals surface area contributed by atoms with Gasteiger partial charge in [-0.05, 0) is 30.7 Å². The van der Waals surface area contributed by atoms with Crippen molar-refractivity contribution >= 4 is 34.8 Å². The van der Waals surface area contributed by atoms with E-state index in [1.165, 1.54) is 7.11 Å². The highest BCUT2D eigenvalue weighted by Crippen LogP contribution is 2.30. The van der Waals surface area contributed by atoms with Crippen LogP contribution in [0.15, 0.2) is 42.5 Å². The Morgan fingerprint density at radius 3 is 2.32 bits per heavy atom. The first-order valence-corrected chi connectivity index (χ1v) is 6.90. The number of anilines is 2. The number of amides is 2. The van der Waals surface area contributed by atoms with Gasteiger partial charge in [0.2, 0.25) is 0 Å². The fourth-order valence-electron chi connectivity index (χ4n) is 1.82. The predicted molar refractivity (Wildman–Crippen MR) is 86.4 cm³/mol. The molecular weight excluding hydrogens is 304 g/mol. The van der Waals surface area contributed by atoms with E-state index in [1.807, 2.05) is 6.07 Å². The molecule has 114 valence electrons. The Morgan fingerprint density at radius 1 is 1.05 bits per heavy atom. The molecule has 0 aliphatic rings. The lowest BCUT2D eigenvalue weighted by Gasteiger charge is -2.12. The van der Waals surface area contributed by atoms with Gasteiger partial charge in [-0.15, -0.1) is 0 Å². The molecule has 0 atom stereocenters. The lowest BCUT2D eigenvalue weighted by atomic mass is 10.2. The Hall–Kier alpha value is -2.53. The Kier molecular flexibility index (Phi) is 5.01. The van der Waals surface area contributed by atoms with Crippen molar-refractivity contribution < 1.29 is 14.3 Å². The molecule has 2 aromatic rings. The minimum absolute atomic E-state index is 0.386. The SMILES string of the molecule is COc1cc(Cl)c(C)cc1NC(=O)C(=O)Nc1ccccc1. The van der Waals surface area contributed by atoms with Crippen molar-refractivity contribution in [3.8, 4) is 5.75 Å². The molecule has 0 spiro atoms. The van der Waals surface area contributed by atoms with Crippen molar-refractivity contribution in [2.24, 2.45) is 0 Å². The highest BCUT2D eigenvalue weighted by atomic mass is 35.5. The monoisotopic (exact) mass is 318 g/mol.